The number of ether oxygens (including phenoxy) is 1. The molecule has 1 saturated heterocycles. The van der Waals surface area contributed by atoms with Crippen molar-refractivity contribution in [3.63, 3.8) is 0 Å². The van der Waals surface area contributed by atoms with E-state index in [1.807, 2.05) is 19.1 Å². The zero-order chi connectivity index (χ0) is 19.1. The number of rotatable bonds is 8. The van der Waals surface area contributed by atoms with Crippen molar-refractivity contribution in [1.82, 2.24) is 15.5 Å². The first kappa shape index (κ1) is 20.4. The number of carbonyl (C=O) groups is 2. The SMILES string of the molecule is CCNC(=O)[C@@H]1C[C@@H](NCc2ccc(C(=O)OC)cc2)CN1CC(C)C. The van der Waals surface area contributed by atoms with Gasteiger partial charge in [0.15, 0.2) is 0 Å². The van der Waals surface area contributed by atoms with Gasteiger partial charge >= 0.3 is 5.97 Å². The number of esters is 1. The Balaban J connectivity index is 1.92. The number of hydrogen-bond donors (Lipinski definition) is 2. The van der Waals surface area contributed by atoms with E-state index in [9.17, 15) is 9.59 Å². The standard InChI is InChI=1S/C20H31N3O3/c1-5-21-19(24)18-10-17(13-23(18)12-14(2)3)22-11-15-6-8-16(9-7-15)20(25)26-4/h6-9,14,17-18,22H,5,10-13H2,1-4H3,(H,21,24)/t17-,18+/m1/s1. The van der Waals surface area contributed by atoms with Crippen LogP contribution in [0.1, 0.15) is 43.1 Å². The topological polar surface area (TPSA) is 70.7 Å². The van der Waals surface area contributed by atoms with Gasteiger partial charge in [-0.05, 0) is 37.0 Å². The Kier molecular flexibility index (Phi) is 7.60. The van der Waals surface area contributed by atoms with Crippen LogP contribution in [0.5, 0.6) is 0 Å². The second kappa shape index (κ2) is 9.69. The van der Waals surface area contributed by atoms with Crippen LogP contribution < -0.4 is 10.6 Å². The average molecular weight is 361 g/mol. The third-order valence-electron chi connectivity index (χ3n) is 4.63. The maximum Gasteiger partial charge on any atom is 0.337 e. The first-order valence-corrected chi connectivity index (χ1v) is 9.37. The highest BCUT2D eigenvalue weighted by atomic mass is 16.5. The van der Waals surface area contributed by atoms with E-state index in [4.69, 9.17) is 4.74 Å². The largest absolute Gasteiger partial charge is 0.465 e. The Bertz CT molecular complexity index is 601. The van der Waals surface area contributed by atoms with Crippen LogP contribution in [0.2, 0.25) is 0 Å². The summed E-state index contributed by atoms with van der Waals surface area (Å²) in [6.45, 7) is 9.48. The molecule has 2 rings (SSSR count). The molecule has 144 valence electrons. The zero-order valence-electron chi connectivity index (χ0n) is 16.2. The van der Waals surface area contributed by atoms with Gasteiger partial charge in [0.05, 0.1) is 18.7 Å². The monoisotopic (exact) mass is 361 g/mol. The lowest BCUT2D eigenvalue weighted by molar-refractivity contribution is -0.125. The third-order valence-corrected chi connectivity index (χ3v) is 4.63. The Morgan fingerprint density at radius 1 is 1.27 bits per heavy atom. The summed E-state index contributed by atoms with van der Waals surface area (Å²) in [5.74, 6) is 0.325. The molecule has 0 bridgehead atoms. The van der Waals surface area contributed by atoms with Crippen molar-refractivity contribution >= 4 is 11.9 Å². The van der Waals surface area contributed by atoms with Crippen molar-refractivity contribution in [3.8, 4) is 0 Å². The van der Waals surface area contributed by atoms with Gasteiger partial charge in [-0.25, -0.2) is 4.79 Å². The maximum atomic E-state index is 12.4. The fraction of sp³-hybridized carbons (Fsp3) is 0.600. The minimum atomic E-state index is -0.325. The third kappa shape index (κ3) is 5.54. The van der Waals surface area contributed by atoms with E-state index in [2.05, 4.69) is 29.4 Å². The number of hydrogen-bond acceptors (Lipinski definition) is 5. The molecule has 2 atom stereocenters. The molecule has 0 radical (unpaired) electrons. The van der Waals surface area contributed by atoms with Gasteiger partial charge in [0.25, 0.3) is 0 Å². The summed E-state index contributed by atoms with van der Waals surface area (Å²) in [6.07, 6.45) is 0.818. The van der Waals surface area contributed by atoms with Crippen LogP contribution in [-0.2, 0) is 16.1 Å². The van der Waals surface area contributed by atoms with Crippen molar-refractivity contribution in [2.45, 2.75) is 45.8 Å². The molecule has 6 nitrogen and oxygen atoms in total. The molecule has 1 amide bonds. The molecule has 2 N–H and O–H groups in total. The minimum absolute atomic E-state index is 0.0587. The summed E-state index contributed by atoms with van der Waals surface area (Å²) in [5, 5.41) is 6.51. The second-order valence-electron chi connectivity index (χ2n) is 7.26. The molecule has 26 heavy (non-hydrogen) atoms. The average Bonchev–Trinajstić information content (AvgIpc) is 3.02. The summed E-state index contributed by atoms with van der Waals surface area (Å²) in [4.78, 5) is 26.1. The highest BCUT2D eigenvalue weighted by molar-refractivity contribution is 5.89. The highest BCUT2D eigenvalue weighted by Crippen LogP contribution is 2.20. The number of nitrogens with zero attached hydrogens (tertiary/aromatic N) is 1. The van der Waals surface area contributed by atoms with Gasteiger partial charge in [0, 0.05) is 32.2 Å². The van der Waals surface area contributed by atoms with Gasteiger partial charge in [-0.15, -0.1) is 0 Å². The fourth-order valence-corrected chi connectivity index (χ4v) is 3.43. The molecule has 1 fully saturated rings. The van der Waals surface area contributed by atoms with Crippen LogP contribution in [0.4, 0.5) is 0 Å². The molecule has 1 heterocycles. The van der Waals surface area contributed by atoms with E-state index in [0.29, 0.717) is 24.6 Å². The molecule has 1 aromatic carbocycles. The summed E-state index contributed by atoms with van der Waals surface area (Å²) >= 11 is 0. The predicted octanol–water partition coefficient (Wildman–Crippen LogP) is 1.80. The number of likely N-dealkylation sites (tertiary alicyclic amines) is 1. The Hall–Kier alpha value is -1.92. The number of likely N-dealkylation sites (N-methyl/N-ethyl adjacent to an activating group) is 1. The lowest BCUT2D eigenvalue weighted by Crippen LogP contribution is -2.44. The van der Waals surface area contributed by atoms with Crippen LogP contribution in [0.25, 0.3) is 0 Å². The maximum absolute atomic E-state index is 12.4. The summed E-state index contributed by atoms with van der Waals surface area (Å²) in [7, 11) is 1.38. The van der Waals surface area contributed by atoms with Crippen LogP contribution in [0.15, 0.2) is 24.3 Å². The highest BCUT2D eigenvalue weighted by Gasteiger charge is 2.36. The van der Waals surface area contributed by atoms with Gasteiger partial charge in [-0.3, -0.25) is 9.69 Å². The van der Waals surface area contributed by atoms with Crippen molar-refractivity contribution in [2.75, 3.05) is 26.7 Å². The second-order valence-corrected chi connectivity index (χ2v) is 7.26. The first-order valence-electron chi connectivity index (χ1n) is 9.37. The van der Waals surface area contributed by atoms with E-state index < -0.39 is 0 Å². The Labute approximate surface area is 156 Å². The molecule has 0 aromatic heterocycles. The molecule has 0 aliphatic carbocycles. The normalized spacial score (nSPS) is 20.3. The molecule has 0 spiro atoms. The molecular weight excluding hydrogens is 330 g/mol. The summed E-state index contributed by atoms with van der Waals surface area (Å²) in [5.41, 5.74) is 1.66. The number of methoxy groups -OCH3 is 1. The predicted molar refractivity (Wildman–Crippen MR) is 102 cm³/mol. The molecule has 1 aliphatic rings. The van der Waals surface area contributed by atoms with Gasteiger partial charge in [-0.2, -0.15) is 0 Å². The van der Waals surface area contributed by atoms with Crippen LogP contribution >= 0.6 is 0 Å². The van der Waals surface area contributed by atoms with Gasteiger partial charge in [0.1, 0.15) is 0 Å². The molecule has 1 aliphatic heterocycles. The van der Waals surface area contributed by atoms with Gasteiger partial charge < -0.3 is 15.4 Å². The first-order chi connectivity index (χ1) is 12.4. The van der Waals surface area contributed by atoms with Gasteiger partial charge in [0.2, 0.25) is 5.91 Å². The van der Waals surface area contributed by atoms with Crippen molar-refractivity contribution in [2.24, 2.45) is 5.92 Å². The van der Waals surface area contributed by atoms with Crippen molar-refractivity contribution in [3.05, 3.63) is 35.4 Å². The molecule has 0 saturated carbocycles. The molecule has 0 unspecified atom stereocenters. The number of benzene rings is 1. The number of carbonyl (C=O) groups excluding carboxylic acids is 2. The Morgan fingerprint density at radius 3 is 2.54 bits per heavy atom. The lowest BCUT2D eigenvalue weighted by atomic mass is 10.1. The van der Waals surface area contributed by atoms with E-state index in [1.165, 1.54) is 7.11 Å². The molecule has 6 heteroatoms. The van der Waals surface area contributed by atoms with Gasteiger partial charge in [-0.1, -0.05) is 26.0 Å². The smallest absolute Gasteiger partial charge is 0.337 e. The summed E-state index contributed by atoms with van der Waals surface area (Å²) in [6, 6.07) is 7.64. The number of nitrogens with one attached hydrogen (secondary N) is 2. The minimum Gasteiger partial charge on any atom is -0.465 e. The van der Waals surface area contributed by atoms with Crippen LogP contribution in [0.3, 0.4) is 0 Å². The fourth-order valence-electron chi connectivity index (χ4n) is 3.43. The van der Waals surface area contributed by atoms with E-state index in [0.717, 1.165) is 25.1 Å². The van der Waals surface area contributed by atoms with E-state index >= 15 is 0 Å². The van der Waals surface area contributed by atoms with Crippen molar-refractivity contribution in [1.29, 1.82) is 0 Å². The molecule has 1 aromatic rings. The molecular formula is C20H31N3O3. The van der Waals surface area contributed by atoms with Crippen molar-refractivity contribution < 1.29 is 14.3 Å². The number of amides is 1. The summed E-state index contributed by atoms with van der Waals surface area (Å²) < 4.78 is 4.72. The quantitative estimate of drug-likeness (QED) is 0.691. The zero-order valence-corrected chi connectivity index (χ0v) is 16.2. The Morgan fingerprint density at radius 2 is 1.96 bits per heavy atom. The lowest BCUT2D eigenvalue weighted by Gasteiger charge is -2.24. The van der Waals surface area contributed by atoms with Crippen LogP contribution in [-0.4, -0.2) is 55.6 Å². The van der Waals surface area contributed by atoms with E-state index in [1.54, 1.807) is 12.1 Å². The van der Waals surface area contributed by atoms with Crippen LogP contribution in [0, 0.1) is 5.92 Å². The van der Waals surface area contributed by atoms with E-state index in [-0.39, 0.29) is 24.0 Å².